The second kappa shape index (κ2) is 10.9. The van der Waals surface area contributed by atoms with Crippen molar-refractivity contribution in [2.24, 2.45) is 4.99 Å². The molecule has 1 aromatic heterocycles. The van der Waals surface area contributed by atoms with Crippen molar-refractivity contribution in [3.8, 4) is 0 Å². The van der Waals surface area contributed by atoms with Crippen molar-refractivity contribution in [1.82, 2.24) is 35.2 Å². The zero-order valence-electron chi connectivity index (χ0n) is 17.9. The SMILES string of the molecule is CCc1nncn1CCNC(=NC)NCc1ccc(CN2CCN(C)CC2)cc1. The van der Waals surface area contributed by atoms with E-state index in [-0.39, 0.29) is 0 Å². The Morgan fingerprint density at radius 1 is 1.07 bits per heavy atom. The van der Waals surface area contributed by atoms with Gasteiger partial charge in [0.2, 0.25) is 0 Å². The molecule has 8 nitrogen and oxygen atoms in total. The highest BCUT2D eigenvalue weighted by atomic mass is 15.3. The third-order valence-electron chi connectivity index (χ3n) is 5.37. The lowest BCUT2D eigenvalue weighted by Crippen LogP contribution is -2.43. The Morgan fingerprint density at radius 2 is 1.79 bits per heavy atom. The van der Waals surface area contributed by atoms with Crippen molar-refractivity contribution in [3.05, 3.63) is 47.5 Å². The van der Waals surface area contributed by atoms with E-state index in [9.17, 15) is 0 Å². The summed E-state index contributed by atoms with van der Waals surface area (Å²) in [6.07, 6.45) is 2.66. The van der Waals surface area contributed by atoms with E-state index in [0.717, 1.165) is 70.6 Å². The summed E-state index contributed by atoms with van der Waals surface area (Å²) in [4.78, 5) is 9.23. The number of piperazine rings is 1. The van der Waals surface area contributed by atoms with E-state index in [1.807, 2.05) is 0 Å². The van der Waals surface area contributed by atoms with Crippen LogP contribution in [0.25, 0.3) is 0 Å². The molecular weight excluding hydrogens is 364 g/mol. The number of hydrogen-bond donors (Lipinski definition) is 2. The minimum atomic E-state index is 0.751. The van der Waals surface area contributed by atoms with Crippen molar-refractivity contribution >= 4 is 5.96 Å². The standard InChI is InChI=1S/C21H34N8/c1-4-20-26-25-17-29(20)10-9-23-21(22-2)24-15-18-5-7-19(8-6-18)16-28-13-11-27(3)12-14-28/h5-8,17H,4,9-16H2,1-3H3,(H2,22,23,24). The van der Waals surface area contributed by atoms with Gasteiger partial charge in [-0.05, 0) is 18.2 Å². The van der Waals surface area contributed by atoms with Crippen molar-refractivity contribution in [1.29, 1.82) is 0 Å². The van der Waals surface area contributed by atoms with E-state index in [4.69, 9.17) is 0 Å². The largest absolute Gasteiger partial charge is 0.355 e. The molecule has 0 spiro atoms. The Hall–Kier alpha value is -2.45. The van der Waals surface area contributed by atoms with E-state index >= 15 is 0 Å². The molecule has 0 aliphatic carbocycles. The molecule has 29 heavy (non-hydrogen) atoms. The van der Waals surface area contributed by atoms with Gasteiger partial charge in [-0.25, -0.2) is 0 Å². The van der Waals surface area contributed by atoms with Crippen LogP contribution >= 0.6 is 0 Å². The van der Waals surface area contributed by atoms with Crippen LogP contribution in [0.3, 0.4) is 0 Å². The average Bonchev–Trinajstić information content (AvgIpc) is 3.21. The Morgan fingerprint density at radius 3 is 2.48 bits per heavy atom. The number of likely N-dealkylation sites (N-methyl/N-ethyl adjacent to an activating group) is 1. The Labute approximate surface area is 174 Å². The summed E-state index contributed by atoms with van der Waals surface area (Å²) in [7, 11) is 3.99. The highest BCUT2D eigenvalue weighted by Gasteiger charge is 2.13. The predicted molar refractivity (Wildman–Crippen MR) is 117 cm³/mol. The van der Waals surface area contributed by atoms with Crippen LogP contribution in [0.5, 0.6) is 0 Å². The molecule has 158 valence electrons. The molecule has 2 heterocycles. The molecule has 0 amide bonds. The fourth-order valence-electron chi connectivity index (χ4n) is 3.47. The second-order valence-corrected chi connectivity index (χ2v) is 7.54. The summed E-state index contributed by atoms with van der Waals surface area (Å²) in [5, 5.41) is 14.8. The number of aliphatic imine (C=N–C) groups is 1. The predicted octanol–water partition coefficient (Wildman–Crippen LogP) is 0.953. The molecule has 0 bridgehead atoms. The van der Waals surface area contributed by atoms with Crippen molar-refractivity contribution in [2.45, 2.75) is 33.0 Å². The summed E-state index contributed by atoms with van der Waals surface area (Å²) in [5.41, 5.74) is 2.63. The molecule has 2 aromatic rings. The lowest BCUT2D eigenvalue weighted by molar-refractivity contribution is 0.148. The fraction of sp³-hybridized carbons (Fsp3) is 0.571. The first-order valence-corrected chi connectivity index (χ1v) is 10.5. The summed E-state index contributed by atoms with van der Waals surface area (Å²) in [5.74, 6) is 1.81. The maximum absolute atomic E-state index is 4.31. The van der Waals surface area contributed by atoms with E-state index in [0.29, 0.717) is 0 Å². The lowest BCUT2D eigenvalue weighted by atomic mass is 10.1. The summed E-state index contributed by atoms with van der Waals surface area (Å²) in [6, 6.07) is 8.89. The lowest BCUT2D eigenvalue weighted by Gasteiger charge is -2.32. The summed E-state index contributed by atoms with van der Waals surface area (Å²) < 4.78 is 2.07. The van der Waals surface area contributed by atoms with Gasteiger partial charge in [0.25, 0.3) is 0 Å². The average molecular weight is 399 g/mol. The number of nitrogens with one attached hydrogen (secondary N) is 2. The van der Waals surface area contributed by atoms with Gasteiger partial charge in [-0.15, -0.1) is 10.2 Å². The minimum Gasteiger partial charge on any atom is -0.355 e. The first kappa shape index (κ1) is 21.3. The van der Waals surface area contributed by atoms with Gasteiger partial charge in [0.05, 0.1) is 0 Å². The van der Waals surface area contributed by atoms with Crippen molar-refractivity contribution in [3.63, 3.8) is 0 Å². The van der Waals surface area contributed by atoms with Gasteiger partial charge in [0, 0.05) is 65.8 Å². The molecule has 8 heteroatoms. The van der Waals surface area contributed by atoms with Crippen LogP contribution in [-0.4, -0.2) is 77.3 Å². The monoisotopic (exact) mass is 398 g/mol. The van der Waals surface area contributed by atoms with Crippen LogP contribution in [0.15, 0.2) is 35.6 Å². The third kappa shape index (κ3) is 6.54. The smallest absolute Gasteiger partial charge is 0.191 e. The molecule has 0 radical (unpaired) electrons. The molecule has 1 saturated heterocycles. The highest BCUT2D eigenvalue weighted by molar-refractivity contribution is 5.79. The minimum absolute atomic E-state index is 0.751. The van der Waals surface area contributed by atoms with Crippen LogP contribution in [0.4, 0.5) is 0 Å². The van der Waals surface area contributed by atoms with Crippen molar-refractivity contribution in [2.75, 3.05) is 46.8 Å². The maximum atomic E-state index is 4.31. The van der Waals surface area contributed by atoms with Crippen molar-refractivity contribution < 1.29 is 0 Å². The van der Waals surface area contributed by atoms with Crippen LogP contribution in [0, 0.1) is 0 Å². The topological polar surface area (TPSA) is 73.6 Å². The zero-order valence-corrected chi connectivity index (χ0v) is 17.9. The summed E-state index contributed by atoms with van der Waals surface area (Å²) in [6.45, 7) is 10.1. The molecule has 2 N–H and O–H groups in total. The maximum Gasteiger partial charge on any atom is 0.191 e. The Kier molecular flexibility index (Phi) is 8.01. The van der Waals surface area contributed by atoms with Gasteiger partial charge in [-0.3, -0.25) is 9.89 Å². The molecule has 1 aliphatic heterocycles. The van der Waals surface area contributed by atoms with Crippen LogP contribution in [-0.2, 0) is 26.1 Å². The number of aromatic nitrogens is 3. The van der Waals surface area contributed by atoms with Gasteiger partial charge in [0.15, 0.2) is 5.96 Å². The molecule has 3 rings (SSSR count). The third-order valence-corrected chi connectivity index (χ3v) is 5.37. The molecule has 1 aliphatic rings. The van der Waals surface area contributed by atoms with Crippen LogP contribution in [0.2, 0.25) is 0 Å². The van der Waals surface area contributed by atoms with Gasteiger partial charge in [0.1, 0.15) is 12.2 Å². The number of aryl methyl sites for hydroxylation is 1. The molecule has 0 atom stereocenters. The first-order valence-electron chi connectivity index (χ1n) is 10.5. The molecule has 1 aromatic carbocycles. The Bertz CT molecular complexity index is 759. The van der Waals surface area contributed by atoms with E-state index < -0.39 is 0 Å². The van der Waals surface area contributed by atoms with Crippen LogP contribution in [0.1, 0.15) is 23.9 Å². The number of hydrogen-bond acceptors (Lipinski definition) is 5. The van der Waals surface area contributed by atoms with E-state index in [2.05, 4.69) is 78.4 Å². The number of benzene rings is 1. The molecule has 1 fully saturated rings. The van der Waals surface area contributed by atoms with E-state index in [1.54, 1.807) is 13.4 Å². The number of guanidine groups is 1. The fourth-order valence-corrected chi connectivity index (χ4v) is 3.47. The number of nitrogens with zero attached hydrogens (tertiary/aromatic N) is 6. The molecular formula is C21H34N8. The second-order valence-electron chi connectivity index (χ2n) is 7.54. The first-order chi connectivity index (χ1) is 14.2. The normalized spacial score (nSPS) is 16.2. The molecule has 0 saturated carbocycles. The van der Waals surface area contributed by atoms with Gasteiger partial charge in [-0.2, -0.15) is 0 Å². The van der Waals surface area contributed by atoms with Gasteiger partial charge in [-0.1, -0.05) is 31.2 Å². The summed E-state index contributed by atoms with van der Waals surface area (Å²) >= 11 is 0. The Balaban J connectivity index is 1.40. The van der Waals surface area contributed by atoms with Gasteiger partial charge < -0.3 is 20.1 Å². The highest BCUT2D eigenvalue weighted by Crippen LogP contribution is 2.09. The van der Waals surface area contributed by atoms with Crippen LogP contribution < -0.4 is 10.6 Å². The zero-order chi connectivity index (χ0) is 20.5. The number of rotatable bonds is 8. The van der Waals surface area contributed by atoms with Gasteiger partial charge >= 0.3 is 0 Å². The van der Waals surface area contributed by atoms with E-state index in [1.165, 1.54) is 11.1 Å². The molecule has 0 unspecified atom stereocenters. The quantitative estimate of drug-likeness (QED) is 0.510.